The Bertz CT molecular complexity index is 729. The molecule has 0 aromatic heterocycles. The number of carbonyl (C=O) groups is 3. The van der Waals surface area contributed by atoms with Crippen LogP contribution < -0.4 is 16.0 Å². The van der Waals surface area contributed by atoms with Crippen LogP contribution in [0.4, 0.5) is 4.39 Å². The Balaban J connectivity index is 2.61. The van der Waals surface area contributed by atoms with Crippen LogP contribution in [-0.4, -0.2) is 46.5 Å². The van der Waals surface area contributed by atoms with Crippen LogP contribution in [0.15, 0.2) is 24.3 Å². The van der Waals surface area contributed by atoms with Gasteiger partial charge in [-0.1, -0.05) is 30.4 Å². The van der Waals surface area contributed by atoms with Crippen molar-refractivity contribution in [3.8, 4) is 0 Å². The summed E-state index contributed by atoms with van der Waals surface area (Å²) in [6, 6.07) is 4.26. The monoisotopic (exact) mass is 425 g/mol. The standard InChI is InChI=1S/C20H28FN3O4S/c1-13(20(27)28)23-19(26)17(9-5-6-12-22-14(2)29)24-18(25)11-10-15-7-3-4-8-16(15)21/h3-4,7-8,13,17H,5-6,9-12H2,1-2H3,(H,22,29)(H,23,26)(H,24,25)(H,27,28)/t13-,17-/m0/s1. The van der Waals surface area contributed by atoms with Gasteiger partial charge in [0.1, 0.15) is 17.9 Å². The first-order valence-electron chi connectivity index (χ1n) is 9.51. The van der Waals surface area contributed by atoms with Crippen molar-refractivity contribution in [2.75, 3.05) is 6.54 Å². The van der Waals surface area contributed by atoms with Crippen LogP contribution in [-0.2, 0) is 20.8 Å². The molecule has 0 unspecified atom stereocenters. The van der Waals surface area contributed by atoms with Crippen LogP contribution in [0, 0.1) is 5.82 Å². The maximum atomic E-state index is 13.7. The second-order valence-electron chi connectivity index (χ2n) is 6.76. The van der Waals surface area contributed by atoms with Crippen molar-refractivity contribution in [3.05, 3.63) is 35.6 Å². The lowest BCUT2D eigenvalue weighted by Gasteiger charge is -2.20. The fraction of sp³-hybridized carbons (Fsp3) is 0.500. The molecule has 1 rings (SSSR count). The number of amides is 2. The van der Waals surface area contributed by atoms with E-state index in [2.05, 4.69) is 16.0 Å². The van der Waals surface area contributed by atoms with E-state index in [1.807, 2.05) is 0 Å². The summed E-state index contributed by atoms with van der Waals surface area (Å²) in [4.78, 5) is 36.3. The third-order valence-electron chi connectivity index (χ3n) is 4.25. The molecule has 0 heterocycles. The Hall–Kier alpha value is -2.55. The van der Waals surface area contributed by atoms with Gasteiger partial charge in [0, 0.05) is 13.0 Å². The molecule has 1 aromatic rings. The van der Waals surface area contributed by atoms with Gasteiger partial charge in [0.15, 0.2) is 0 Å². The number of aliphatic carboxylic acids is 1. The number of thiocarbonyl (C=S) groups is 1. The molecule has 0 saturated carbocycles. The van der Waals surface area contributed by atoms with Gasteiger partial charge >= 0.3 is 5.97 Å². The molecule has 2 atom stereocenters. The van der Waals surface area contributed by atoms with Crippen molar-refractivity contribution in [3.63, 3.8) is 0 Å². The summed E-state index contributed by atoms with van der Waals surface area (Å²) in [5.41, 5.74) is 0.421. The van der Waals surface area contributed by atoms with Gasteiger partial charge in [-0.3, -0.25) is 14.4 Å². The predicted molar refractivity (Wildman–Crippen MR) is 112 cm³/mol. The highest BCUT2D eigenvalue weighted by Crippen LogP contribution is 2.09. The lowest BCUT2D eigenvalue weighted by atomic mass is 10.1. The van der Waals surface area contributed by atoms with E-state index in [9.17, 15) is 18.8 Å². The summed E-state index contributed by atoms with van der Waals surface area (Å²) in [7, 11) is 0. The van der Waals surface area contributed by atoms with E-state index < -0.39 is 29.9 Å². The van der Waals surface area contributed by atoms with E-state index in [-0.39, 0.29) is 18.7 Å². The summed E-state index contributed by atoms with van der Waals surface area (Å²) in [5.74, 6) is -2.50. The third-order valence-corrected chi connectivity index (χ3v) is 4.40. The molecule has 9 heteroatoms. The minimum Gasteiger partial charge on any atom is -0.480 e. The number of carboxylic acid groups (broad SMARTS) is 1. The van der Waals surface area contributed by atoms with Crippen molar-refractivity contribution in [1.82, 2.24) is 16.0 Å². The highest BCUT2D eigenvalue weighted by atomic mass is 32.1. The van der Waals surface area contributed by atoms with E-state index in [0.717, 1.165) is 6.42 Å². The fourth-order valence-corrected chi connectivity index (χ4v) is 2.70. The smallest absolute Gasteiger partial charge is 0.325 e. The van der Waals surface area contributed by atoms with E-state index in [4.69, 9.17) is 17.3 Å². The van der Waals surface area contributed by atoms with E-state index in [1.54, 1.807) is 25.1 Å². The normalized spacial score (nSPS) is 12.5. The zero-order valence-electron chi connectivity index (χ0n) is 16.7. The lowest BCUT2D eigenvalue weighted by Crippen LogP contribution is -2.50. The number of carbonyl (C=O) groups excluding carboxylic acids is 2. The second-order valence-corrected chi connectivity index (χ2v) is 7.37. The van der Waals surface area contributed by atoms with Gasteiger partial charge in [-0.05, 0) is 51.2 Å². The number of benzene rings is 1. The van der Waals surface area contributed by atoms with Gasteiger partial charge in [0.2, 0.25) is 11.8 Å². The first-order valence-corrected chi connectivity index (χ1v) is 9.92. The van der Waals surface area contributed by atoms with Crippen molar-refractivity contribution in [1.29, 1.82) is 0 Å². The summed E-state index contributed by atoms with van der Waals surface area (Å²) in [5, 5.41) is 17.0. The Morgan fingerprint density at radius 2 is 1.86 bits per heavy atom. The third kappa shape index (κ3) is 9.98. The van der Waals surface area contributed by atoms with Crippen LogP contribution >= 0.6 is 12.2 Å². The average Bonchev–Trinajstić information content (AvgIpc) is 2.65. The quantitative estimate of drug-likeness (QED) is 0.301. The molecule has 29 heavy (non-hydrogen) atoms. The number of halogens is 1. The Kier molecular flexibility index (Phi) is 10.8. The number of hydrogen-bond donors (Lipinski definition) is 4. The molecular formula is C20H28FN3O4S. The Morgan fingerprint density at radius 3 is 2.48 bits per heavy atom. The fourth-order valence-electron chi connectivity index (χ4n) is 2.60. The topological polar surface area (TPSA) is 108 Å². The van der Waals surface area contributed by atoms with Crippen LogP contribution in [0.5, 0.6) is 0 Å². The number of rotatable bonds is 12. The minimum atomic E-state index is -1.16. The van der Waals surface area contributed by atoms with Crippen LogP contribution in [0.2, 0.25) is 0 Å². The molecule has 4 N–H and O–H groups in total. The SMILES string of the molecule is CC(=S)NCCCC[C@H](NC(=O)CCc1ccccc1F)C(=O)N[C@@H](C)C(=O)O. The van der Waals surface area contributed by atoms with E-state index >= 15 is 0 Å². The average molecular weight is 426 g/mol. The Morgan fingerprint density at radius 1 is 1.17 bits per heavy atom. The molecule has 0 aliphatic heterocycles. The van der Waals surface area contributed by atoms with Crippen LogP contribution in [0.3, 0.4) is 0 Å². The number of carboxylic acids is 1. The van der Waals surface area contributed by atoms with Gasteiger partial charge in [-0.2, -0.15) is 0 Å². The molecule has 7 nitrogen and oxygen atoms in total. The molecule has 0 radical (unpaired) electrons. The molecule has 0 aliphatic carbocycles. The maximum Gasteiger partial charge on any atom is 0.325 e. The van der Waals surface area contributed by atoms with E-state index in [0.29, 0.717) is 29.9 Å². The molecule has 0 bridgehead atoms. The summed E-state index contributed by atoms with van der Waals surface area (Å²) in [6.07, 6.45) is 1.93. The molecule has 0 aliphatic rings. The lowest BCUT2D eigenvalue weighted by molar-refractivity contribution is -0.141. The van der Waals surface area contributed by atoms with Crippen LogP contribution in [0.25, 0.3) is 0 Å². The summed E-state index contributed by atoms with van der Waals surface area (Å²) < 4.78 is 13.7. The largest absolute Gasteiger partial charge is 0.480 e. The molecule has 2 amide bonds. The number of hydrogen-bond acceptors (Lipinski definition) is 4. The Labute approximate surface area is 175 Å². The van der Waals surface area contributed by atoms with Gasteiger partial charge in [-0.25, -0.2) is 4.39 Å². The second kappa shape index (κ2) is 12.8. The molecule has 0 saturated heterocycles. The molecule has 160 valence electrons. The first-order chi connectivity index (χ1) is 13.7. The first kappa shape index (κ1) is 24.5. The highest BCUT2D eigenvalue weighted by molar-refractivity contribution is 7.80. The van der Waals surface area contributed by atoms with Gasteiger partial charge < -0.3 is 21.1 Å². The maximum absolute atomic E-state index is 13.7. The van der Waals surface area contributed by atoms with Crippen molar-refractivity contribution in [2.45, 2.75) is 58.0 Å². The zero-order valence-corrected chi connectivity index (χ0v) is 17.5. The number of aryl methyl sites for hydroxylation is 1. The summed E-state index contributed by atoms with van der Waals surface area (Å²) in [6.45, 7) is 3.77. The predicted octanol–water partition coefficient (Wildman–Crippen LogP) is 1.94. The van der Waals surface area contributed by atoms with Gasteiger partial charge in [0.05, 0.1) is 4.99 Å². The minimum absolute atomic E-state index is 0.0187. The van der Waals surface area contributed by atoms with Crippen molar-refractivity contribution >= 4 is 35.0 Å². The van der Waals surface area contributed by atoms with E-state index in [1.165, 1.54) is 13.0 Å². The van der Waals surface area contributed by atoms with Gasteiger partial charge in [-0.15, -0.1) is 0 Å². The number of unbranched alkanes of at least 4 members (excludes halogenated alkanes) is 1. The molecule has 0 fully saturated rings. The number of nitrogens with one attached hydrogen (secondary N) is 3. The zero-order chi connectivity index (χ0) is 21.8. The molecule has 1 aromatic carbocycles. The summed E-state index contributed by atoms with van der Waals surface area (Å²) >= 11 is 4.93. The van der Waals surface area contributed by atoms with Crippen molar-refractivity contribution in [2.24, 2.45) is 0 Å². The van der Waals surface area contributed by atoms with Crippen molar-refractivity contribution < 1.29 is 23.9 Å². The highest BCUT2D eigenvalue weighted by Gasteiger charge is 2.23. The molecule has 0 spiro atoms. The van der Waals surface area contributed by atoms with Gasteiger partial charge in [0.25, 0.3) is 0 Å². The van der Waals surface area contributed by atoms with Crippen LogP contribution in [0.1, 0.15) is 45.1 Å². The molecular weight excluding hydrogens is 397 g/mol.